The van der Waals surface area contributed by atoms with Crippen LogP contribution in [0.5, 0.6) is 0 Å². The lowest BCUT2D eigenvalue weighted by atomic mass is 10.1. The average molecular weight is 249 g/mol. The predicted octanol–water partition coefficient (Wildman–Crippen LogP) is 3.72. The van der Waals surface area contributed by atoms with Gasteiger partial charge in [-0.1, -0.05) is 18.0 Å². The fourth-order valence-corrected chi connectivity index (χ4v) is 4.22. The fraction of sp³-hybridized carbons (Fsp3) is 0.600. The molecule has 0 spiro atoms. The molecule has 78 valence electrons. The van der Waals surface area contributed by atoms with Crippen LogP contribution in [0.4, 0.5) is 0 Å². The Morgan fingerprint density at radius 2 is 2.29 bits per heavy atom. The third-order valence-electron chi connectivity index (χ3n) is 2.45. The highest BCUT2D eigenvalue weighted by atomic mass is 35.5. The quantitative estimate of drug-likeness (QED) is 0.861. The maximum atomic E-state index is 10.1. The van der Waals surface area contributed by atoms with E-state index in [-0.39, 0.29) is 6.10 Å². The molecule has 2 rings (SSSR count). The van der Waals surface area contributed by atoms with E-state index in [9.17, 15) is 5.11 Å². The summed E-state index contributed by atoms with van der Waals surface area (Å²) < 4.78 is 0.764. The molecule has 1 aromatic rings. The lowest BCUT2D eigenvalue weighted by molar-refractivity contribution is 0.172. The number of hydrogen-bond donors (Lipinski definition) is 1. The molecule has 1 N–H and O–H groups in total. The molecule has 0 aliphatic carbocycles. The van der Waals surface area contributed by atoms with Crippen molar-refractivity contribution < 1.29 is 5.11 Å². The minimum Gasteiger partial charge on any atom is -0.386 e. The number of thiophene rings is 1. The summed E-state index contributed by atoms with van der Waals surface area (Å²) in [5.74, 6) is 1.18. The largest absolute Gasteiger partial charge is 0.386 e. The second kappa shape index (κ2) is 4.88. The molecule has 2 heterocycles. The van der Waals surface area contributed by atoms with Crippen LogP contribution in [-0.4, -0.2) is 16.1 Å². The molecule has 1 nitrogen and oxygen atoms in total. The van der Waals surface area contributed by atoms with Gasteiger partial charge in [-0.25, -0.2) is 0 Å². The van der Waals surface area contributed by atoms with E-state index >= 15 is 0 Å². The lowest BCUT2D eigenvalue weighted by Gasteiger charge is -2.25. The van der Waals surface area contributed by atoms with Crippen molar-refractivity contribution in [1.29, 1.82) is 0 Å². The summed E-state index contributed by atoms with van der Waals surface area (Å²) in [4.78, 5) is 1.01. The van der Waals surface area contributed by atoms with Gasteiger partial charge in [-0.3, -0.25) is 0 Å². The van der Waals surface area contributed by atoms with Crippen molar-refractivity contribution in [3.63, 3.8) is 0 Å². The van der Waals surface area contributed by atoms with E-state index in [1.165, 1.54) is 29.9 Å². The zero-order chi connectivity index (χ0) is 9.97. The van der Waals surface area contributed by atoms with E-state index in [0.29, 0.717) is 5.25 Å². The molecular weight excluding hydrogens is 236 g/mol. The highest BCUT2D eigenvalue weighted by Gasteiger charge is 2.24. The molecule has 1 aliphatic heterocycles. The Hall–Kier alpha value is 0.300. The average Bonchev–Trinajstić information content (AvgIpc) is 2.65. The van der Waals surface area contributed by atoms with Crippen LogP contribution in [0.15, 0.2) is 12.1 Å². The smallest absolute Gasteiger partial charge is 0.100 e. The molecule has 0 radical (unpaired) electrons. The summed E-state index contributed by atoms with van der Waals surface area (Å²) in [5.41, 5.74) is 0. The van der Waals surface area contributed by atoms with Crippen molar-refractivity contribution in [2.24, 2.45) is 0 Å². The highest BCUT2D eigenvalue weighted by Crippen LogP contribution is 2.37. The summed E-state index contributed by atoms with van der Waals surface area (Å²) in [5, 5.41) is 10.5. The zero-order valence-electron chi connectivity index (χ0n) is 7.78. The minimum atomic E-state index is -0.321. The molecule has 0 saturated carbocycles. The van der Waals surface area contributed by atoms with Crippen LogP contribution in [0.2, 0.25) is 4.34 Å². The van der Waals surface area contributed by atoms with Gasteiger partial charge in [-0.15, -0.1) is 11.3 Å². The predicted molar refractivity (Wildman–Crippen MR) is 64.4 cm³/mol. The van der Waals surface area contributed by atoms with Gasteiger partial charge in [0.05, 0.1) is 4.34 Å². The van der Waals surface area contributed by atoms with Crippen molar-refractivity contribution in [3.8, 4) is 0 Å². The summed E-state index contributed by atoms with van der Waals surface area (Å²) >= 11 is 9.22. The van der Waals surface area contributed by atoms with Gasteiger partial charge >= 0.3 is 0 Å². The minimum absolute atomic E-state index is 0.321. The van der Waals surface area contributed by atoms with Gasteiger partial charge in [0.1, 0.15) is 6.10 Å². The first-order valence-electron chi connectivity index (χ1n) is 4.82. The third-order valence-corrected chi connectivity index (χ3v) is 5.20. The third kappa shape index (κ3) is 2.45. The molecule has 0 bridgehead atoms. The van der Waals surface area contributed by atoms with E-state index in [0.717, 1.165) is 15.6 Å². The number of thioether (sulfide) groups is 1. The van der Waals surface area contributed by atoms with Gasteiger partial charge in [0.25, 0.3) is 0 Å². The van der Waals surface area contributed by atoms with Gasteiger partial charge in [-0.05, 0) is 30.7 Å². The zero-order valence-corrected chi connectivity index (χ0v) is 10.2. The Balaban J connectivity index is 2.03. The number of halogens is 1. The van der Waals surface area contributed by atoms with Gasteiger partial charge in [0.2, 0.25) is 0 Å². The van der Waals surface area contributed by atoms with E-state index < -0.39 is 0 Å². The normalized spacial score (nSPS) is 24.9. The molecule has 1 fully saturated rings. The Morgan fingerprint density at radius 1 is 1.43 bits per heavy atom. The van der Waals surface area contributed by atoms with Crippen molar-refractivity contribution in [3.05, 3.63) is 21.3 Å². The van der Waals surface area contributed by atoms with Crippen LogP contribution in [0.3, 0.4) is 0 Å². The topological polar surface area (TPSA) is 20.2 Å². The van der Waals surface area contributed by atoms with Crippen LogP contribution in [0.25, 0.3) is 0 Å². The second-order valence-electron chi connectivity index (χ2n) is 3.49. The Kier molecular flexibility index (Phi) is 3.77. The van der Waals surface area contributed by atoms with E-state index in [4.69, 9.17) is 11.6 Å². The Labute approximate surface area is 97.5 Å². The van der Waals surface area contributed by atoms with Crippen molar-refractivity contribution in [1.82, 2.24) is 0 Å². The SMILES string of the molecule is OC(c1ccc(Cl)s1)C1CCCCS1. The summed E-state index contributed by atoms with van der Waals surface area (Å²) in [6.45, 7) is 0. The molecule has 2 atom stereocenters. The first-order chi connectivity index (χ1) is 6.77. The molecule has 1 saturated heterocycles. The van der Waals surface area contributed by atoms with Crippen molar-refractivity contribution >= 4 is 34.7 Å². The van der Waals surface area contributed by atoms with Crippen molar-refractivity contribution in [2.75, 3.05) is 5.75 Å². The van der Waals surface area contributed by atoms with Crippen LogP contribution in [-0.2, 0) is 0 Å². The molecule has 0 amide bonds. The molecule has 1 aliphatic rings. The summed E-state index contributed by atoms with van der Waals surface area (Å²) in [6, 6.07) is 3.80. The lowest BCUT2D eigenvalue weighted by Crippen LogP contribution is -2.17. The number of aliphatic hydroxyl groups is 1. The first-order valence-corrected chi connectivity index (χ1v) is 7.06. The first kappa shape index (κ1) is 10.8. The molecule has 14 heavy (non-hydrogen) atoms. The van der Waals surface area contributed by atoms with Gasteiger partial charge in [0, 0.05) is 10.1 Å². The molecule has 1 aromatic heterocycles. The van der Waals surface area contributed by atoms with Crippen molar-refractivity contribution in [2.45, 2.75) is 30.6 Å². The highest BCUT2D eigenvalue weighted by molar-refractivity contribution is 8.00. The van der Waals surface area contributed by atoms with Gasteiger partial charge < -0.3 is 5.11 Å². The summed E-state index contributed by atoms with van der Waals surface area (Å²) in [6.07, 6.45) is 3.34. The maximum Gasteiger partial charge on any atom is 0.100 e. The fourth-order valence-electron chi connectivity index (χ4n) is 1.69. The number of hydrogen-bond acceptors (Lipinski definition) is 3. The van der Waals surface area contributed by atoms with E-state index in [2.05, 4.69) is 0 Å². The van der Waals surface area contributed by atoms with Crippen LogP contribution in [0, 0.1) is 0 Å². The van der Waals surface area contributed by atoms with E-state index in [1.807, 2.05) is 23.9 Å². The van der Waals surface area contributed by atoms with Crippen LogP contribution < -0.4 is 0 Å². The number of aliphatic hydroxyl groups excluding tert-OH is 1. The molecular formula is C10H13ClOS2. The van der Waals surface area contributed by atoms with Crippen LogP contribution in [0.1, 0.15) is 30.2 Å². The number of rotatable bonds is 2. The maximum absolute atomic E-state index is 10.1. The molecule has 4 heteroatoms. The Morgan fingerprint density at radius 3 is 2.86 bits per heavy atom. The van der Waals surface area contributed by atoms with E-state index in [1.54, 1.807) is 0 Å². The second-order valence-corrected chi connectivity index (χ2v) is 6.59. The molecule has 0 aromatic carbocycles. The monoisotopic (exact) mass is 248 g/mol. The Bertz CT molecular complexity index is 294. The summed E-state index contributed by atoms with van der Waals surface area (Å²) in [7, 11) is 0. The van der Waals surface area contributed by atoms with Gasteiger partial charge in [0.15, 0.2) is 0 Å². The standard InChI is InChI=1S/C10H13ClOS2/c11-9-5-4-8(14-9)10(12)7-3-1-2-6-13-7/h4-5,7,10,12H,1-3,6H2. The van der Waals surface area contributed by atoms with Gasteiger partial charge in [-0.2, -0.15) is 11.8 Å². The van der Waals surface area contributed by atoms with Crippen LogP contribution >= 0.6 is 34.7 Å². The molecule has 2 unspecified atom stereocenters.